The van der Waals surface area contributed by atoms with Crippen LogP contribution in [0.2, 0.25) is 0 Å². The predicted octanol–water partition coefficient (Wildman–Crippen LogP) is -0.838. The molecule has 4 atom stereocenters. The molecule has 1 aliphatic rings. The highest BCUT2D eigenvalue weighted by Gasteiger charge is 2.43. The van der Waals surface area contributed by atoms with Crippen LogP contribution in [0.5, 0.6) is 0 Å². The van der Waals surface area contributed by atoms with E-state index in [4.69, 9.17) is 9.47 Å². The number of esters is 2. The summed E-state index contributed by atoms with van der Waals surface area (Å²) in [5.41, 5.74) is 0. The lowest BCUT2D eigenvalue weighted by molar-refractivity contribution is -0.183. The van der Waals surface area contributed by atoms with Crippen LogP contribution in [0.4, 0.5) is 0 Å². The number of ketones is 1. The van der Waals surface area contributed by atoms with Crippen molar-refractivity contribution in [3.63, 3.8) is 0 Å². The van der Waals surface area contributed by atoms with Crippen molar-refractivity contribution in [3.8, 4) is 0 Å². The van der Waals surface area contributed by atoms with E-state index >= 15 is 0 Å². The topological polar surface area (TPSA) is 102 Å². The lowest BCUT2D eigenvalue weighted by Crippen LogP contribution is -2.62. The smallest absolute Gasteiger partial charge is 0.303 e. The Morgan fingerprint density at radius 2 is 1.63 bits per heavy atom. The lowest BCUT2D eigenvalue weighted by atomic mass is 9.92. The van der Waals surface area contributed by atoms with Gasteiger partial charge in [-0.15, -0.1) is 0 Å². The van der Waals surface area contributed by atoms with Gasteiger partial charge in [-0.05, 0) is 6.92 Å². The van der Waals surface area contributed by atoms with Gasteiger partial charge in [0, 0.05) is 26.8 Å². The fraction of sp³-hybridized carbons (Fsp3) is 0.750. The normalized spacial score (nSPS) is 30.5. The molecular formula is C12H19NO6. The Kier molecular flexibility index (Phi) is 5.44. The number of hydrogen-bond donors (Lipinski definition) is 2. The maximum absolute atomic E-state index is 11.2. The Morgan fingerprint density at radius 3 is 2.11 bits per heavy atom. The van der Waals surface area contributed by atoms with Crippen molar-refractivity contribution in [1.29, 1.82) is 0 Å². The Balaban J connectivity index is 2.89. The van der Waals surface area contributed by atoms with Crippen LogP contribution >= 0.6 is 0 Å². The first-order valence-corrected chi connectivity index (χ1v) is 6.06. The van der Waals surface area contributed by atoms with Gasteiger partial charge in [-0.25, -0.2) is 0 Å². The highest BCUT2D eigenvalue weighted by Crippen LogP contribution is 2.20. The number of piperidine rings is 1. The van der Waals surface area contributed by atoms with Gasteiger partial charge < -0.3 is 19.9 Å². The molecule has 0 aromatic rings. The molecule has 7 heteroatoms. The van der Waals surface area contributed by atoms with Crippen molar-refractivity contribution in [1.82, 2.24) is 5.32 Å². The monoisotopic (exact) mass is 273 g/mol. The zero-order chi connectivity index (χ0) is 14.6. The van der Waals surface area contributed by atoms with E-state index in [0.29, 0.717) is 0 Å². The number of ether oxygens (including phenoxy) is 2. The van der Waals surface area contributed by atoms with Crippen molar-refractivity contribution >= 4 is 17.7 Å². The second-order valence-electron chi connectivity index (χ2n) is 4.64. The summed E-state index contributed by atoms with van der Waals surface area (Å²) in [6.45, 7) is 4.00. The maximum atomic E-state index is 11.2. The van der Waals surface area contributed by atoms with Crippen molar-refractivity contribution in [2.75, 3.05) is 6.54 Å². The van der Waals surface area contributed by atoms with Crippen LogP contribution in [0.15, 0.2) is 0 Å². The molecule has 1 fully saturated rings. The quantitative estimate of drug-likeness (QED) is 0.644. The summed E-state index contributed by atoms with van der Waals surface area (Å²) >= 11 is 0. The van der Waals surface area contributed by atoms with Gasteiger partial charge in [-0.3, -0.25) is 14.4 Å². The Morgan fingerprint density at radius 1 is 1.11 bits per heavy atom. The summed E-state index contributed by atoms with van der Waals surface area (Å²) < 4.78 is 10.1. The average molecular weight is 273 g/mol. The Labute approximate surface area is 111 Å². The van der Waals surface area contributed by atoms with Crippen LogP contribution in [0, 0.1) is 0 Å². The molecule has 1 aliphatic heterocycles. The number of Topliss-reactive ketones (excluding diaryl/α,β-unsaturated/α-hetero) is 1. The van der Waals surface area contributed by atoms with E-state index in [2.05, 4.69) is 5.32 Å². The highest BCUT2D eigenvalue weighted by atomic mass is 16.6. The van der Waals surface area contributed by atoms with Gasteiger partial charge in [0.05, 0.1) is 6.04 Å². The molecule has 0 aromatic carbocycles. The number of carbonyl (C=O) groups excluding carboxylic acids is 3. The molecule has 0 aliphatic carbocycles. The van der Waals surface area contributed by atoms with Gasteiger partial charge in [0.1, 0.15) is 11.9 Å². The average Bonchev–Trinajstić information content (AvgIpc) is 2.25. The minimum absolute atomic E-state index is 0.0902. The summed E-state index contributed by atoms with van der Waals surface area (Å²) in [7, 11) is 0. The van der Waals surface area contributed by atoms with Crippen LogP contribution in [-0.4, -0.2) is 53.7 Å². The predicted molar refractivity (Wildman–Crippen MR) is 64.2 cm³/mol. The minimum atomic E-state index is -0.989. The standard InChI is InChI=1S/C12H19NO6/c1-6(14)4-9-11(18-7(2)15)12(19-8(3)16)10(17)5-13-9/h9-13,17H,4-5H2,1-3H3/t9-,10+,11-,12+/m0/s1. The van der Waals surface area contributed by atoms with Gasteiger partial charge >= 0.3 is 11.9 Å². The first kappa shape index (κ1) is 15.6. The first-order valence-electron chi connectivity index (χ1n) is 6.06. The van der Waals surface area contributed by atoms with Crippen LogP contribution in [0.25, 0.3) is 0 Å². The van der Waals surface area contributed by atoms with Crippen LogP contribution in [0.1, 0.15) is 27.2 Å². The van der Waals surface area contributed by atoms with Crippen molar-refractivity contribution in [2.24, 2.45) is 0 Å². The van der Waals surface area contributed by atoms with E-state index in [1.807, 2.05) is 0 Å². The third-order valence-electron chi connectivity index (χ3n) is 2.80. The van der Waals surface area contributed by atoms with Crippen LogP contribution in [0.3, 0.4) is 0 Å². The summed E-state index contributed by atoms with van der Waals surface area (Å²) in [6, 6.07) is -0.478. The zero-order valence-electron chi connectivity index (χ0n) is 11.2. The summed E-state index contributed by atoms with van der Waals surface area (Å²) in [4.78, 5) is 33.4. The molecule has 7 nitrogen and oxygen atoms in total. The molecule has 108 valence electrons. The number of rotatable bonds is 4. The second-order valence-corrected chi connectivity index (χ2v) is 4.64. The molecule has 0 radical (unpaired) electrons. The molecule has 0 amide bonds. The third kappa shape index (κ3) is 4.60. The Bertz CT molecular complexity index is 369. The molecule has 0 bridgehead atoms. The third-order valence-corrected chi connectivity index (χ3v) is 2.80. The summed E-state index contributed by atoms with van der Waals surface area (Å²) in [5, 5.41) is 12.8. The maximum Gasteiger partial charge on any atom is 0.303 e. The van der Waals surface area contributed by atoms with Crippen molar-refractivity contribution < 1.29 is 29.0 Å². The highest BCUT2D eigenvalue weighted by molar-refractivity contribution is 5.76. The molecule has 0 spiro atoms. The lowest BCUT2D eigenvalue weighted by Gasteiger charge is -2.39. The molecular weight excluding hydrogens is 254 g/mol. The molecule has 0 saturated carbocycles. The molecule has 0 unspecified atom stereocenters. The molecule has 2 N–H and O–H groups in total. The summed E-state index contributed by atoms with van der Waals surface area (Å²) in [6.07, 6.45) is -2.71. The van der Waals surface area contributed by atoms with E-state index in [9.17, 15) is 19.5 Å². The number of aliphatic hydroxyl groups excluding tert-OH is 1. The number of aliphatic hydroxyl groups is 1. The van der Waals surface area contributed by atoms with Gasteiger partial charge in [0.2, 0.25) is 0 Å². The molecule has 1 heterocycles. The van der Waals surface area contributed by atoms with Crippen molar-refractivity contribution in [3.05, 3.63) is 0 Å². The molecule has 1 rings (SSSR count). The van der Waals surface area contributed by atoms with Crippen LogP contribution < -0.4 is 5.32 Å². The number of β-amino-alcohol motifs (C(OH)–C–C–N with tert-alkyl or cyclic N) is 1. The van der Waals surface area contributed by atoms with Crippen molar-refractivity contribution in [2.45, 2.75) is 51.5 Å². The van der Waals surface area contributed by atoms with E-state index in [-0.39, 0.29) is 18.7 Å². The molecule has 0 aromatic heterocycles. The fourth-order valence-electron chi connectivity index (χ4n) is 2.13. The van der Waals surface area contributed by atoms with Gasteiger partial charge in [0.25, 0.3) is 0 Å². The van der Waals surface area contributed by atoms with E-state index in [1.54, 1.807) is 0 Å². The SMILES string of the molecule is CC(=O)C[C@@H]1NC[C@@H](O)[C@@H](OC(C)=O)[C@H]1OC(C)=O. The van der Waals surface area contributed by atoms with Gasteiger partial charge in [-0.1, -0.05) is 0 Å². The Hall–Kier alpha value is -1.47. The fourth-order valence-corrected chi connectivity index (χ4v) is 2.13. The molecule has 1 saturated heterocycles. The minimum Gasteiger partial charge on any atom is -0.457 e. The number of nitrogens with one attached hydrogen (secondary N) is 1. The first-order chi connectivity index (χ1) is 8.81. The number of carbonyl (C=O) groups is 3. The van der Waals surface area contributed by atoms with E-state index < -0.39 is 36.3 Å². The largest absolute Gasteiger partial charge is 0.457 e. The van der Waals surface area contributed by atoms with Gasteiger partial charge in [0.15, 0.2) is 12.2 Å². The molecule has 19 heavy (non-hydrogen) atoms. The van der Waals surface area contributed by atoms with Gasteiger partial charge in [-0.2, -0.15) is 0 Å². The second kappa shape index (κ2) is 6.63. The van der Waals surface area contributed by atoms with E-state index in [1.165, 1.54) is 20.8 Å². The number of hydrogen-bond acceptors (Lipinski definition) is 7. The van der Waals surface area contributed by atoms with E-state index in [0.717, 1.165) is 0 Å². The van der Waals surface area contributed by atoms with Crippen LogP contribution in [-0.2, 0) is 23.9 Å². The zero-order valence-corrected chi connectivity index (χ0v) is 11.2. The summed E-state index contributed by atoms with van der Waals surface area (Å²) in [5.74, 6) is -1.23.